The number of thiophene rings is 1. The van der Waals surface area contributed by atoms with Gasteiger partial charge in [0, 0.05) is 0 Å². The van der Waals surface area contributed by atoms with Crippen molar-refractivity contribution in [3.63, 3.8) is 0 Å². The third kappa shape index (κ3) is 3.76. The van der Waals surface area contributed by atoms with Gasteiger partial charge in [-0.2, -0.15) is 9.78 Å². The molecule has 0 atom stereocenters. The predicted molar refractivity (Wildman–Crippen MR) is 137 cm³/mol. The Morgan fingerprint density at radius 1 is 0.971 bits per heavy atom. The number of benzene rings is 2. The van der Waals surface area contributed by atoms with E-state index in [-0.39, 0.29) is 31.5 Å². The van der Waals surface area contributed by atoms with Crippen LogP contribution in [-0.2, 0) is 15.3 Å². The molecule has 3 heterocycles. The lowest BCUT2D eigenvalue weighted by atomic mass is 9.87. The van der Waals surface area contributed by atoms with E-state index in [0.29, 0.717) is 11.0 Å². The summed E-state index contributed by atoms with van der Waals surface area (Å²) in [6.07, 6.45) is 1.64. The minimum absolute atomic E-state index is 0.0266. The summed E-state index contributed by atoms with van der Waals surface area (Å²) in [7, 11) is -3.91. The molecule has 172 valence electrons. The average molecular weight is 490 g/mol. The highest BCUT2D eigenvalue weighted by Crippen LogP contribution is 2.36. The number of sulfone groups is 1. The van der Waals surface area contributed by atoms with Gasteiger partial charge in [0.1, 0.15) is 20.4 Å². The van der Waals surface area contributed by atoms with Gasteiger partial charge in [0.05, 0.1) is 17.2 Å². The third-order valence-electron chi connectivity index (χ3n) is 5.56. The molecule has 2 aromatic carbocycles. The smallest absolute Gasteiger partial charge is 0.221 e. The number of nitrogens with two attached hydrogens (primary N) is 1. The minimum atomic E-state index is -3.91. The van der Waals surface area contributed by atoms with Crippen molar-refractivity contribution in [2.75, 3.05) is 5.73 Å². The van der Waals surface area contributed by atoms with Gasteiger partial charge in [-0.15, -0.1) is 11.3 Å². The van der Waals surface area contributed by atoms with Crippen molar-refractivity contribution >= 4 is 55.4 Å². The zero-order valence-electron chi connectivity index (χ0n) is 18.9. The Morgan fingerprint density at radius 3 is 2.26 bits per heavy atom. The zero-order valence-corrected chi connectivity index (χ0v) is 20.6. The molecule has 5 aromatic rings. The molecule has 0 spiro atoms. The summed E-state index contributed by atoms with van der Waals surface area (Å²) in [5.74, 6) is -0.0266. The highest BCUT2D eigenvalue weighted by atomic mass is 32.2. The standard InChI is InChI=1S/C25H23N5O2S2/c1-25(2,3)17-12-10-16(11-13-17)15-27-30-23(26)22(34(31,32)20-9-6-14-33-20)21-24(30)29-19-8-5-4-7-18(19)28-21/h4-15H,26H2,1-3H3/b27-15-. The second-order valence-corrected chi connectivity index (χ2v) is 12.0. The molecule has 34 heavy (non-hydrogen) atoms. The van der Waals surface area contributed by atoms with Crippen LogP contribution in [0.2, 0.25) is 0 Å². The Hall–Kier alpha value is -3.56. The van der Waals surface area contributed by atoms with E-state index in [4.69, 9.17) is 5.73 Å². The molecule has 9 heteroatoms. The summed E-state index contributed by atoms with van der Waals surface area (Å²) in [4.78, 5) is 9.20. The molecule has 0 saturated carbocycles. The number of anilines is 1. The monoisotopic (exact) mass is 489 g/mol. The molecule has 7 nitrogen and oxygen atoms in total. The van der Waals surface area contributed by atoms with Crippen LogP contribution in [-0.4, -0.2) is 29.3 Å². The first-order chi connectivity index (χ1) is 16.2. The van der Waals surface area contributed by atoms with Gasteiger partial charge in [-0.25, -0.2) is 18.4 Å². The number of aromatic nitrogens is 3. The summed E-state index contributed by atoms with van der Waals surface area (Å²) >= 11 is 1.13. The van der Waals surface area contributed by atoms with Crippen molar-refractivity contribution in [1.29, 1.82) is 0 Å². The second kappa shape index (κ2) is 8.03. The van der Waals surface area contributed by atoms with Crippen molar-refractivity contribution < 1.29 is 8.42 Å². The van der Waals surface area contributed by atoms with Gasteiger partial charge in [0.15, 0.2) is 5.65 Å². The fraction of sp³-hybridized carbons (Fsp3) is 0.160. The summed E-state index contributed by atoms with van der Waals surface area (Å²) in [6, 6.07) is 18.6. The van der Waals surface area contributed by atoms with E-state index in [2.05, 4.69) is 48.0 Å². The molecule has 0 bridgehead atoms. The van der Waals surface area contributed by atoms with E-state index in [0.717, 1.165) is 16.9 Å². The first-order valence-corrected chi connectivity index (χ1v) is 13.0. The van der Waals surface area contributed by atoms with Crippen LogP contribution >= 0.6 is 11.3 Å². The normalized spacial score (nSPS) is 12.8. The summed E-state index contributed by atoms with van der Waals surface area (Å²) in [5.41, 5.74) is 10.2. The van der Waals surface area contributed by atoms with E-state index >= 15 is 0 Å². The lowest BCUT2D eigenvalue weighted by Gasteiger charge is -2.18. The number of para-hydroxylation sites is 2. The van der Waals surface area contributed by atoms with Crippen LogP contribution in [0.4, 0.5) is 5.82 Å². The highest BCUT2D eigenvalue weighted by molar-refractivity contribution is 7.93. The molecule has 0 saturated heterocycles. The fourth-order valence-electron chi connectivity index (χ4n) is 3.71. The lowest BCUT2D eigenvalue weighted by Crippen LogP contribution is -2.10. The van der Waals surface area contributed by atoms with Crippen LogP contribution in [0.3, 0.4) is 0 Å². The molecular weight excluding hydrogens is 466 g/mol. The average Bonchev–Trinajstić information content (AvgIpc) is 3.43. The molecule has 0 aliphatic rings. The van der Waals surface area contributed by atoms with Crippen molar-refractivity contribution in [2.24, 2.45) is 5.10 Å². The van der Waals surface area contributed by atoms with Crippen LogP contribution in [0, 0.1) is 0 Å². The van der Waals surface area contributed by atoms with E-state index in [1.54, 1.807) is 29.8 Å². The van der Waals surface area contributed by atoms with Gasteiger partial charge in [-0.3, -0.25) is 0 Å². The maximum atomic E-state index is 13.5. The van der Waals surface area contributed by atoms with Gasteiger partial charge in [-0.05, 0) is 40.1 Å². The molecule has 0 fully saturated rings. The van der Waals surface area contributed by atoms with Crippen LogP contribution in [0.25, 0.3) is 22.2 Å². The van der Waals surface area contributed by atoms with Crippen molar-refractivity contribution in [1.82, 2.24) is 14.6 Å². The lowest BCUT2D eigenvalue weighted by molar-refractivity contribution is 0.590. The van der Waals surface area contributed by atoms with Crippen LogP contribution < -0.4 is 5.73 Å². The van der Waals surface area contributed by atoms with Gasteiger partial charge in [0.25, 0.3) is 0 Å². The molecule has 0 unspecified atom stereocenters. The summed E-state index contributed by atoms with van der Waals surface area (Å²) in [5, 5.41) is 6.23. The molecule has 0 aliphatic heterocycles. The Morgan fingerprint density at radius 2 is 1.65 bits per heavy atom. The number of rotatable bonds is 4. The summed E-state index contributed by atoms with van der Waals surface area (Å²) < 4.78 is 28.5. The molecule has 0 amide bonds. The minimum Gasteiger partial charge on any atom is -0.382 e. The first kappa shape index (κ1) is 22.2. The predicted octanol–water partition coefficient (Wildman–Crippen LogP) is 5.24. The van der Waals surface area contributed by atoms with Gasteiger partial charge in [0.2, 0.25) is 9.84 Å². The van der Waals surface area contributed by atoms with Crippen LogP contribution in [0.1, 0.15) is 31.9 Å². The van der Waals surface area contributed by atoms with Gasteiger partial charge >= 0.3 is 0 Å². The van der Waals surface area contributed by atoms with Crippen molar-refractivity contribution in [3.05, 3.63) is 77.2 Å². The highest BCUT2D eigenvalue weighted by Gasteiger charge is 2.31. The molecular formula is C25H23N5O2S2. The molecule has 0 radical (unpaired) electrons. The van der Waals surface area contributed by atoms with Gasteiger partial charge in [-0.1, -0.05) is 63.2 Å². The Bertz CT molecular complexity index is 1640. The zero-order chi connectivity index (χ0) is 24.1. The van der Waals surface area contributed by atoms with E-state index < -0.39 is 9.84 Å². The topological polar surface area (TPSA) is 103 Å². The SMILES string of the molecule is CC(C)(C)c1ccc(/C=N\n2c(N)c(S(=O)(=O)c3cccs3)c3nc4ccccc4nc32)cc1. The van der Waals surface area contributed by atoms with Gasteiger partial charge < -0.3 is 5.73 Å². The largest absolute Gasteiger partial charge is 0.382 e. The van der Waals surface area contributed by atoms with Crippen LogP contribution in [0.15, 0.2) is 80.2 Å². The quantitative estimate of drug-likeness (QED) is 0.348. The molecule has 3 aromatic heterocycles. The number of hydrogen-bond donors (Lipinski definition) is 1. The third-order valence-corrected chi connectivity index (χ3v) is 8.77. The van der Waals surface area contributed by atoms with Crippen molar-refractivity contribution in [3.8, 4) is 0 Å². The second-order valence-electron chi connectivity index (χ2n) is 8.96. The van der Waals surface area contributed by atoms with E-state index in [1.165, 1.54) is 10.2 Å². The maximum Gasteiger partial charge on any atom is 0.221 e. The first-order valence-electron chi connectivity index (χ1n) is 10.7. The number of nitrogen functional groups attached to an aromatic ring is 1. The van der Waals surface area contributed by atoms with Crippen molar-refractivity contribution in [2.45, 2.75) is 35.3 Å². The van der Waals surface area contributed by atoms with E-state index in [1.807, 2.05) is 30.3 Å². The maximum absolute atomic E-state index is 13.5. The summed E-state index contributed by atoms with van der Waals surface area (Å²) in [6.45, 7) is 6.46. The number of hydrogen-bond acceptors (Lipinski definition) is 7. The Kier molecular flexibility index (Phi) is 5.26. The van der Waals surface area contributed by atoms with E-state index in [9.17, 15) is 8.42 Å². The number of nitrogens with zero attached hydrogens (tertiary/aromatic N) is 4. The van der Waals surface area contributed by atoms with Crippen LogP contribution in [0.5, 0.6) is 0 Å². The molecule has 2 N–H and O–H groups in total. The molecule has 5 rings (SSSR count). The Labute approximate surface area is 201 Å². The fourth-order valence-corrected chi connectivity index (χ4v) is 6.30. The Balaban J connectivity index is 1.71. The number of fused-ring (bicyclic) bond motifs is 2. The molecule has 0 aliphatic carbocycles.